The number of halogens is 7. The van der Waals surface area contributed by atoms with Crippen LogP contribution in [0.3, 0.4) is 0 Å². The maximum absolute atomic E-state index is 15.1. The van der Waals surface area contributed by atoms with Crippen molar-refractivity contribution >= 4 is 21.2 Å². The van der Waals surface area contributed by atoms with Crippen molar-refractivity contribution in [3.8, 4) is 5.75 Å². The Hall–Kier alpha value is -2.50. The van der Waals surface area contributed by atoms with E-state index >= 15 is 4.39 Å². The van der Waals surface area contributed by atoms with E-state index in [9.17, 15) is 39.9 Å². The Bertz CT molecular complexity index is 1100. The number of aromatic hydroxyl groups is 1. The maximum Gasteiger partial charge on any atom is 0.420 e. The van der Waals surface area contributed by atoms with Gasteiger partial charge in [0, 0.05) is 30.6 Å². The lowest BCUT2D eigenvalue weighted by Gasteiger charge is -2.28. The molecule has 0 spiro atoms. The molecule has 3 rings (SSSR count). The molecule has 0 saturated heterocycles. The number of phenols is 1. The third kappa shape index (κ3) is 4.79. The molecule has 1 aliphatic rings. The van der Waals surface area contributed by atoms with Crippen LogP contribution in [0.4, 0.5) is 42.1 Å². The van der Waals surface area contributed by atoms with Crippen molar-refractivity contribution < 1.29 is 44.3 Å². The number of benzene rings is 2. The van der Waals surface area contributed by atoms with E-state index in [-0.39, 0.29) is 5.69 Å². The van der Waals surface area contributed by atoms with Gasteiger partial charge >= 0.3 is 6.18 Å². The first-order chi connectivity index (χ1) is 14.6. The second kappa shape index (κ2) is 8.13. The van der Waals surface area contributed by atoms with Crippen molar-refractivity contribution in [2.45, 2.75) is 42.3 Å². The quantitative estimate of drug-likeness (QED) is 0.555. The highest BCUT2D eigenvalue weighted by molar-refractivity contribution is 7.92. The molecule has 176 valence electrons. The molecule has 0 bridgehead atoms. The average Bonchev–Trinajstić information content (AvgIpc) is 2.74. The van der Waals surface area contributed by atoms with E-state index in [1.54, 1.807) is 0 Å². The largest absolute Gasteiger partial charge is 0.507 e. The molecule has 2 aromatic carbocycles. The molecule has 1 N–H and O–H groups in total. The van der Waals surface area contributed by atoms with Gasteiger partial charge in [-0.1, -0.05) is 0 Å². The van der Waals surface area contributed by atoms with Gasteiger partial charge in [-0.3, -0.25) is 0 Å². The maximum atomic E-state index is 15.1. The molecule has 2 atom stereocenters. The zero-order valence-corrected chi connectivity index (χ0v) is 17.3. The molecule has 12 heteroatoms. The Kier molecular flexibility index (Phi) is 6.13. The average molecular weight is 485 g/mol. The zero-order chi connectivity index (χ0) is 24.1. The van der Waals surface area contributed by atoms with Crippen molar-refractivity contribution in [3.63, 3.8) is 0 Å². The number of sulfone groups is 1. The topological polar surface area (TPSA) is 57.6 Å². The summed E-state index contributed by atoms with van der Waals surface area (Å²) in [6.07, 6.45) is -6.52. The first-order valence-corrected chi connectivity index (χ1v) is 10.9. The fourth-order valence-corrected chi connectivity index (χ4v) is 5.25. The lowest BCUT2D eigenvalue weighted by Crippen LogP contribution is -2.32. The standard InChI is InChI=1S/C20H18F7NO3S/c1-19(23,24)7-6-11-10-28(13-4-2-12(21)3-5-13)15-8-14(20(25,26)27)16(29)9-17(15)32(30,31)18(11)22/h2-5,8-9,11,18,29H,6-7,10H2,1H3. The molecule has 2 aromatic rings. The molecule has 0 fully saturated rings. The highest BCUT2D eigenvalue weighted by Crippen LogP contribution is 2.47. The molecule has 0 aliphatic carbocycles. The van der Waals surface area contributed by atoms with Gasteiger partial charge in [0.15, 0.2) is 0 Å². The molecule has 0 radical (unpaired) electrons. The van der Waals surface area contributed by atoms with Crippen LogP contribution in [0.25, 0.3) is 0 Å². The smallest absolute Gasteiger partial charge is 0.420 e. The number of hydrogen-bond donors (Lipinski definition) is 1. The minimum atomic E-state index is -5.07. The molecule has 2 unspecified atom stereocenters. The predicted octanol–water partition coefficient (Wildman–Crippen LogP) is 5.82. The minimum absolute atomic E-state index is 0.0176. The van der Waals surface area contributed by atoms with Crippen molar-refractivity contribution in [2.75, 3.05) is 11.4 Å². The van der Waals surface area contributed by atoms with Gasteiger partial charge in [-0.05, 0) is 43.7 Å². The van der Waals surface area contributed by atoms with Gasteiger partial charge in [-0.15, -0.1) is 0 Å². The fraction of sp³-hybridized carbons (Fsp3) is 0.400. The van der Waals surface area contributed by atoms with Gasteiger partial charge in [-0.2, -0.15) is 13.2 Å². The second-order valence-corrected chi connectivity index (χ2v) is 9.67. The third-order valence-corrected chi connectivity index (χ3v) is 7.07. The summed E-state index contributed by atoms with van der Waals surface area (Å²) in [6, 6.07) is 4.84. The van der Waals surface area contributed by atoms with Gasteiger partial charge in [0.1, 0.15) is 11.6 Å². The molecule has 0 amide bonds. The summed E-state index contributed by atoms with van der Waals surface area (Å²) >= 11 is 0. The van der Waals surface area contributed by atoms with E-state index in [1.807, 2.05) is 0 Å². The molecule has 1 aliphatic heterocycles. The first kappa shape index (κ1) is 24.1. The lowest BCUT2D eigenvalue weighted by atomic mass is 10.00. The highest BCUT2D eigenvalue weighted by Gasteiger charge is 2.45. The summed E-state index contributed by atoms with van der Waals surface area (Å²) < 4.78 is 121. The number of nitrogens with zero attached hydrogens (tertiary/aromatic N) is 1. The van der Waals surface area contributed by atoms with Crippen molar-refractivity contribution in [1.29, 1.82) is 0 Å². The van der Waals surface area contributed by atoms with Gasteiger partial charge < -0.3 is 10.0 Å². The summed E-state index contributed by atoms with van der Waals surface area (Å²) in [5, 5.41) is 9.81. The molecule has 4 nitrogen and oxygen atoms in total. The summed E-state index contributed by atoms with van der Waals surface area (Å²) in [5.41, 5.74) is -4.86. The monoisotopic (exact) mass is 485 g/mol. The zero-order valence-electron chi connectivity index (χ0n) is 16.5. The van der Waals surface area contributed by atoms with Crippen LogP contribution in [-0.2, 0) is 16.0 Å². The Morgan fingerprint density at radius 2 is 1.69 bits per heavy atom. The lowest BCUT2D eigenvalue weighted by molar-refractivity contribution is -0.138. The Labute approximate surface area is 179 Å². The van der Waals surface area contributed by atoms with Gasteiger partial charge in [0.05, 0.1) is 16.1 Å². The number of rotatable bonds is 4. The predicted molar refractivity (Wildman–Crippen MR) is 102 cm³/mol. The number of hydrogen-bond acceptors (Lipinski definition) is 4. The first-order valence-electron chi connectivity index (χ1n) is 9.34. The van der Waals surface area contributed by atoms with Crippen LogP contribution in [0, 0.1) is 11.7 Å². The second-order valence-electron chi connectivity index (χ2n) is 7.69. The number of alkyl halides is 6. The van der Waals surface area contributed by atoms with Crippen LogP contribution >= 0.6 is 0 Å². The number of fused-ring (bicyclic) bond motifs is 1. The molecule has 32 heavy (non-hydrogen) atoms. The minimum Gasteiger partial charge on any atom is -0.507 e. The van der Waals surface area contributed by atoms with Crippen LogP contribution in [0.2, 0.25) is 0 Å². The number of phenolic OH excluding ortho intramolecular Hbond substituents is 1. The molecule has 0 aromatic heterocycles. The van der Waals surface area contributed by atoms with E-state index in [0.29, 0.717) is 19.1 Å². The molecule has 1 heterocycles. The Morgan fingerprint density at radius 1 is 1.09 bits per heavy atom. The van der Waals surface area contributed by atoms with E-state index in [1.165, 1.54) is 0 Å². The molecular weight excluding hydrogens is 467 g/mol. The van der Waals surface area contributed by atoms with E-state index in [4.69, 9.17) is 0 Å². The van der Waals surface area contributed by atoms with E-state index < -0.39 is 80.5 Å². The summed E-state index contributed by atoms with van der Waals surface area (Å²) in [6.45, 7) is 0.00274. The van der Waals surface area contributed by atoms with Crippen LogP contribution in [0.1, 0.15) is 25.3 Å². The van der Waals surface area contributed by atoms with Gasteiger partial charge in [0.2, 0.25) is 21.3 Å². The van der Waals surface area contributed by atoms with Crippen LogP contribution in [0.5, 0.6) is 5.75 Å². The van der Waals surface area contributed by atoms with Crippen LogP contribution in [-0.4, -0.2) is 31.5 Å². The van der Waals surface area contributed by atoms with Crippen molar-refractivity contribution in [2.24, 2.45) is 5.92 Å². The van der Waals surface area contributed by atoms with Gasteiger partial charge in [-0.25, -0.2) is 26.0 Å². The van der Waals surface area contributed by atoms with E-state index in [0.717, 1.165) is 29.2 Å². The highest BCUT2D eigenvalue weighted by atomic mass is 32.2. The van der Waals surface area contributed by atoms with Crippen molar-refractivity contribution in [1.82, 2.24) is 0 Å². The van der Waals surface area contributed by atoms with E-state index in [2.05, 4.69) is 0 Å². The SMILES string of the molecule is CC(F)(F)CCC1CN(c2ccc(F)cc2)c2cc(C(F)(F)F)c(O)cc2S(=O)(=O)C1F. The van der Waals surface area contributed by atoms with Crippen molar-refractivity contribution in [3.05, 3.63) is 47.8 Å². The summed E-state index contributed by atoms with van der Waals surface area (Å²) in [7, 11) is -4.96. The van der Waals surface area contributed by atoms with Crippen LogP contribution in [0.15, 0.2) is 41.3 Å². The summed E-state index contributed by atoms with van der Waals surface area (Å²) in [5.74, 6) is -6.89. The van der Waals surface area contributed by atoms with Gasteiger partial charge in [0.25, 0.3) is 0 Å². The fourth-order valence-electron chi connectivity index (χ4n) is 3.54. The number of anilines is 2. The molecule has 0 saturated carbocycles. The third-order valence-electron chi connectivity index (χ3n) is 5.16. The summed E-state index contributed by atoms with van der Waals surface area (Å²) in [4.78, 5) is 0.0737. The Morgan fingerprint density at radius 3 is 2.22 bits per heavy atom. The van der Waals surface area contributed by atoms with Crippen LogP contribution < -0.4 is 4.90 Å². The normalized spacial score (nSPS) is 21.2. The Balaban J connectivity index is 2.24. The molecular formula is C20H18F7NO3S.